The second kappa shape index (κ2) is 6.32. The molecule has 0 atom stereocenters. The van der Waals surface area contributed by atoms with E-state index in [1.807, 2.05) is 16.7 Å². The van der Waals surface area contributed by atoms with Gasteiger partial charge in [0.05, 0.1) is 23.1 Å². The van der Waals surface area contributed by atoms with E-state index < -0.39 is 0 Å². The molecule has 27 heavy (non-hydrogen) atoms. The van der Waals surface area contributed by atoms with Gasteiger partial charge in [-0.25, -0.2) is 15.0 Å². The summed E-state index contributed by atoms with van der Waals surface area (Å²) in [7, 11) is 2.16. The standard InChI is InChI=1S/C20H21N7/c1-25-7-4-8-26(10-9-25)18-13-22-16-11-14(12-21)19-23-15-5-2-3-6-17(15)27(19)20(16)24-18/h2,5,11,13H,3-4,6-10H2,1H3. The Kier molecular flexibility index (Phi) is 3.80. The monoisotopic (exact) mass is 359 g/mol. The van der Waals surface area contributed by atoms with E-state index >= 15 is 0 Å². The highest BCUT2D eigenvalue weighted by Crippen LogP contribution is 2.27. The average molecular weight is 359 g/mol. The number of aryl methyl sites for hydroxylation is 1. The lowest BCUT2D eigenvalue weighted by Crippen LogP contribution is -2.29. The van der Waals surface area contributed by atoms with Crippen molar-refractivity contribution in [3.8, 4) is 6.07 Å². The number of nitriles is 1. The molecule has 0 aromatic carbocycles. The van der Waals surface area contributed by atoms with Crippen LogP contribution in [0.3, 0.4) is 0 Å². The number of rotatable bonds is 1. The van der Waals surface area contributed by atoms with Crippen molar-refractivity contribution in [3.63, 3.8) is 0 Å². The molecule has 0 bridgehead atoms. The highest BCUT2D eigenvalue weighted by molar-refractivity contribution is 5.81. The van der Waals surface area contributed by atoms with E-state index in [-0.39, 0.29) is 0 Å². The van der Waals surface area contributed by atoms with Crippen molar-refractivity contribution < 1.29 is 0 Å². The molecule has 7 heteroatoms. The van der Waals surface area contributed by atoms with Crippen molar-refractivity contribution >= 4 is 28.7 Å². The Morgan fingerprint density at radius 1 is 1.11 bits per heavy atom. The van der Waals surface area contributed by atoms with Gasteiger partial charge in [-0.2, -0.15) is 5.26 Å². The summed E-state index contributed by atoms with van der Waals surface area (Å²) >= 11 is 0. The molecule has 0 N–H and O–H groups in total. The third kappa shape index (κ3) is 2.64. The van der Waals surface area contributed by atoms with Crippen molar-refractivity contribution in [1.29, 1.82) is 5.26 Å². The number of hydrogen-bond acceptors (Lipinski definition) is 6. The second-order valence-corrected chi connectivity index (χ2v) is 7.29. The van der Waals surface area contributed by atoms with Crippen molar-refractivity contribution in [2.45, 2.75) is 19.3 Å². The first-order valence-electron chi connectivity index (χ1n) is 9.46. The van der Waals surface area contributed by atoms with Gasteiger partial charge in [-0.3, -0.25) is 4.40 Å². The predicted molar refractivity (Wildman–Crippen MR) is 105 cm³/mol. The molecule has 2 aliphatic rings. The number of anilines is 1. The summed E-state index contributed by atoms with van der Waals surface area (Å²) in [5.74, 6) is 0.901. The Balaban J connectivity index is 1.72. The molecule has 0 spiro atoms. The number of nitrogens with zero attached hydrogens (tertiary/aromatic N) is 7. The van der Waals surface area contributed by atoms with Gasteiger partial charge >= 0.3 is 0 Å². The van der Waals surface area contributed by atoms with Crippen LogP contribution in [0.5, 0.6) is 0 Å². The van der Waals surface area contributed by atoms with Gasteiger partial charge in [0.25, 0.3) is 0 Å². The van der Waals surface area contributed by atoms with E-state index in [2.05, 4.69) is 34.0 Å². The van der Waals surface area contributed by atoms with E-state index in [0.29, 0.717) is 11.2 Å². The van der Waals surface area contributed by atoms with Crippen LogP contribution in [0.4, 0.5) is 5.82 Å². The maximum absolute atomic E-state index is 9.59. The van der Waals surface area contributed by atoms with E-state index in [4.69, 9.17) is 9.97 Å². The van der Waals surface area contributed by atoms with Crippen molar-refractivity contribution in [3.05, 3.63) is 35.3 Å². The summed E-state index contributed by atoms with van der Waals surface area (Å²) in [6.07, 6.45) is 9.00. The number of pyridine rings is 1. The molecule has 3 aromatic heterocycles. The number of fused-ring (bicyclic) bond motifs is 5. The van der Waals surface area contributed by atoms with Crippen LogP contribution in [-0.2, 0) is 6.42 Å². The number of imidazole rings is 1. The number of likely N-dealkylation sites (N-methyl/N-ethyl adjacent to an activating group) is 1. The molecular weight excluding hydrogens is 338 g/mol. The third-order valence-corrected chi connectivity index (χ3v) is 5.49. The molecule has 1 saturated heterocycles. The van der Waals surface area contributed by atoms with Crippen LogP contribution >= 0.6 is 0 Å². The van der Waals surface area contributed by atoms with E-state index in [0.717, 1.165) is 73.8 Å². The summed E-state index contributed by atoms with van der Waals surface area (Å²) in [4.78, 5) is 19.0. The first-order valence-corrected chi connectivity index (χ1v) is 9.46. The van der Waals surface area contributed by atoms with Gasteiger partial charge in [0.1, 0.15) is 17.4 Å². The summed E-state index contributed by atoms with van der Waals surface area (Å²) in [6, 6.07) is 4.08. The molecule has 1 aliphatic heterocycles. The fraction of sp³-hybridized carbons (Fsp3) is 0.400. The number of aromatic nitrogens is 4. The summed E-state index contributed by atoms with van der Waals surface area (Å²) < 4.78 is 2.05. The van der Waals surface area contributed by atoms with Crippen LogP contribution in [0.25, 0.3) is 22.9 Å². The quantitative estimate of drug-likeness (QED) is 0.663. The Bertz CT molecular complexity index is 1110. The van der Waals surface area contributed by atoms with Crippen LogP contribution < -0.4 is 4.90 Å². The lowest BCUT2D eigenvalue weighted by atomic mass is 10.1. The molecular formula is C20H21N7. The van der Waals surface area contributed by atoms with Crippen LogP contribution in [0.2, 0.25) is 0 Å². The third-order valence-electron chi connectivity index (χ3n) is 5.49. The van der Waals surface area contributed by atoms with Gasteiger partial charge in [-0.15, -0.1) is 0 Å². The molecule has 0 saturated carbocycles. The first kappa shape index (κ1) is 16.2. The predicted octanol–water partition coefficient (Wildman–Crippen LogP) is 2.25. The SMILES string of the molecule is CN1CCCN(c2cnc3cc(C#N)c4nc5c(n4c3n2)CCC=C5)CC1. The molecule has 0 amide bonds. The summed E-state index contributed by atoms with van der Waals surface area (Å²) in [6.45, 7) is 4.05. The molecule has 0 radical (unpaired) electrons. The number of allylic oxidation sites excluding steroid dienone is 1. The Morgan fingerprint density at radius 2 is 2.04 bits per heavy atom. The summed E-state index contributed by atoms with van der Waals surface area (Å²) in [5, 5.41) is 9.59. The molecule has 5 rings (SSSR count). The van der Waals surface area contributed by atoms with Crippen LogP contribution in [0.15, 0.2) is 18.3 Å². The van der Waals surface area contributed by atoms with E-state index in [9.17, 15) is 5.26 Å². The normalized spacial score (nSPS) is 17.9. The zero-order valence-corrected chi connectivity index (χ0v) is 15.4. The van der Waals surface area contributed by atoms with Gasteiger partial charge in [-0.1, -0.05) is 6.08 Å². The Hall–Kier alpha value is -2.98. The van der Waals surface area contributed by atoms with Crippen LogP contribution in [0, 0.1) is 11.3 Å². The van der Waals surface area contributed by atoms with Crippen molar-refractivity contribution in [2.75, 3.05) is 38.1 Å². The fourth-order valence-electron chi connectivity index (χ4n) is 4.03. The van der Waals surface area contributed by atoms with Crippen molar-refractivity contribution in [1.82, 2.24) is 24.3 Å². The highest BCUT2D eigenvalue weighted by Gasteiger charge is 2.21. The molecule has 3 aromatic rings. The maximum atomic E-state index is 9.59. The van der Waals surface area contributed by atoms with E-state index in [1.54, 1.807) is 6.07 Å². The second-order valence-electron chi connectivity index (χ2n) is 7.29. The van der Waals surface area contributed by atoms with E-state index in [1.165, 1.54) is 0 Å². The van der Waals surface area contributed by atoms with Gasteiger partial charge in [0.15, 0.2) is 11.3 Å². The molecule has 7 nitrogen and oxygen atoms in total. The number of hydrogen-bond donors (Lipinski definition) is 0. The maximum Gasteiger partial charge on any atom is 0.167 e. The molecule has 136 valence electrons. The lowest BCUT2D eigenvalue weighted by Gasteiger charge is -2.21. The van der Waals surface area contributed by atoms with Crippen molar-refractivity contribution in [2.24, 2.45) is 0 Å². The zero-order valence-electron chi connectivity index (χ0n) is 15.4. The van der Waals surface area contributed by atoms with Gasteiger partial charge in [0.2, 0.25) is 0 Å². The summed E-state index contributed by atoms with van der Waals surface area (Å²) in [5.41, 5.74) is 4.82. The van der Waals surface area contributed by atoms with Gasteiger partial charge in [-0.05, 0) is 45.0 Å². The average Bonchev–Trinajstić information content (AvgIpc) is 2.96. The minimum absolute atomic E-state index is 0.545. The van der Waals surface area contributed by atoms with Crippen LogP contribution in [0.1, 0.15) is 29.8 Å². The Morgan fingerprint density at radius 3 is 2.93 bits per heavy atom. The molecule has 0 unspecified atom stereocenters. The zero-order chi connectivity index (χ0) is 18.4. The fourth-order valence-corrected chi connectivity index (χ4v) is 4.03. The minimum atomic E-state index is 0.545. The van der Waals surface area contributed by atoms with Gasteiger partial charge < -0.3 is 9.80 Å². The lowest BCUT2D eigenvalue weighted by molar-refractivity contribution is 0.360. The largest absolute Gasteiger partial charge is 0.354 e. The smallest absolute Gasteiger partial charge is 0.167 e. The Labute approximate surface area is 157 Å². The molecule has 1 fully saturated rings. The molecule has 4 heterocycles. The molecule has 1 aliphatic carbocycles. The van der Waals surface area contributed by atoms with Crippen LogP contribution in [-0.4, -0.2) is 57.5 Å². The highest BCUT2D eigenvalue weighted by atomic mass is 15.3. The topological polar surface area (TPSA) is 73.3 Å². The van der Waals surface area contributed by atoms with Gasteiger partial charge in [0, 0.05) is 19.6 Å². The minimum Gasteiger partial charge on any atom is -0.354 e. The first-order chi connectivity index (χ1) is 13.2.